The summed E-state index contributed by atoms with van der Waals surface area (Å²) in [5.41, 5.74) is 0.710. The standard InChI is InChI=1S/C15H15ClN2O3/c1-2-17-14(19)9-18-15(20)13-8-7-12(21-13)10-5-3-4-6-11(10)16/h3-8H,2,9H2,1H3,(H,17,19)(H,18,20). The van der Waals surface area contributed by atoms with E-state index in [4.69, 9.17) is 16.0 Å². The first-order chi connectivity index (χ1) is 10.1. The quantitative estimate of drug-likeness (QED) is 0.891. The normalized spacial score (nSPS) is 10.2. The number of furan rings is 1. The second kappa shape index (κ2) is 6.95. The number of carbonyl (C=O) groups excluding carboxylic acids is 2. The molecule has 2 aromatic rings. The van der Waals surface area contributed by atoms with Gasteiger partial charge in [-0.3, -0.25) is 9.59 Å². The lowest BCUT2D eigenvalue weighted by atomic mass is 10.2. The van der Waals surface area contributed by atoms with E-state index in [-0.39, 0.29) is 18.2 Å². The van der Waals surface area contributed by atoms with Crippen LogP contribution in [-0.4, -0.2) is 24.9 Å². The fraction of sp³-hybridized carbons (Fsp3) is 0.200. The molecule has 0 radical (unpaired) electrons. The Labute approximate surface area is 127 Å². The minimum atomic E-state index is -0.445. The molecule has 2 rings (SSSR count). The molecule has 21 heavy (non-hydrogen) atoms. The van der Waals surface area contributed by atoms with Crippen molar-refractivity contribution in [2.75, 3.05) is 13.1 Å². The van der Waals surface area contributed by atoms with E-state index in [0.717, 1.165) is 0 Å². The SMILES string of the molecule is CCNC(=O)CNC(=O)c1ccc(-c2ccccc2Cl)o1. The van der Waals surface area contributed by atoms with Gasteiger partial charge in [-0.15, -0.1) is 0 Å². The molecule has 0 aliphatic heterocycles. The third kappa shape index (κ3) is 3.86. The molecular formula is C15H15ClN2O3. The van der Waals surface area contributed by atoms with Gasteiger partial charge in [0.25, 0.3) is 5.91 Å². The molecule has 6 heteroatoms. The van der Waals surface area contributed by atoms with Gasteiger partial charge in [-0.2, -0.15) is 0 Å². The van der Waals surface area contributed by atoms with Crippen LogP contribution in [0.15, 0.2) is 40.8 Å². The second-order valence-corrected chi connectivity index (χ2v) is 4.69. The topological polar surface area (TPSA) is 71.3 Å². The maximum Gasteiger partial charge on any atom is 0.287 e. The van der Waals surface area contributed by atoms with Gasteiger partial charge in [-0.1, -0.05) is 23.7 Å². The Bertz CT molecular complexity index is 652. The Morgan fingerprint density at radius 3 is 2.62 bits per heavy atom. The molecule has 0 spiro atoms. The maximum absolute atomic E-state index is 11.9. The van der Waals surface area contributed by atoms with Crippen molar-refractivity contribution in [1.82, 2.24) is 10.6 Å². The molecule has 0 bridgehead atoms. The first-order valence-electron chi connectivity index (χ1n) is 6.51. The minimum absolute atomic E-state index is 0.0885. The van der Waals surface area contributed by atoms with Crippen LogP contribution in [0, 0.1) is 0 Å². The molecule has 1 heterocycles. The van der Waals surface area contributed by atoms with Crippen molar-refractivity contribution in [3.8, 4) is 11.3 Å². The lowest BCUT2D eigenvalue weighted by molar-refractivity contribution is -0.120. The van der Waals surface area contributed by atoms with E-state index in [0.29, 0.717) is 22.9 Å². The summed E-state index contributed by atoms with van der Waals surface area (Å²) in [5, 5.41) is 5.62. The summed E-state index contributed by atoms with van der Waals surface area (Å²) in [6.45, 7) is 2.24. The summed E-state index contributed by atoms with van der Waals surface area (Å²) in [5.74, 6) is -0.0544. The number of likely N-dealkylation sites (N-methyl/N-ethyl adjacent to an activating group) is 1. The predicted molar refractivity (Wildman–Crippen MR) is 80.2 cm³/mol. The third-order valence-electron chi connectivity index (χ3n) is 2.75. The van der Waals surface area contributed by atoms with Crippen LogP contribution in [0.3, 0.4) is 0 Å². The van der Waals surface area contributed by atoms with E-state index < -0.39 is 5.91 Å². The molecule has 0 fully saturated rings. The van der Waals surface area contributed by atoms with Crippen molar-refractivity contribution in [3.05, 3.63) is 47.2 Å². The monoisotopic (exact) mass is 306 g/mol. The van der Waals surface area contributed by atoms with Gasteiger partial charge in [0.2, 0.25) is 5.91 Å². The highest BCUT2D eigenvalue weighted by atomic mass is 35.5. The zero-order valence-corrected chi connectivity index (χ0v) is 12.2. The zero-order chi connectivity index (χ0) is 15.2. The maximum atomic E-state index is 11.9. The largest absolute Gasteiger partial charge is 0.451 e. The average Bonchev–Trinajstić information content (AvgIpc) is 2.95. The van der Waals surface area contributed by atoms with Crippen molar-refractivity contribution in [3.63, 3.8) is 0 Å². The van der Waals surface area contributed by atoms with Gasteiger partial charge >= 0.3 is 0 Å². The van der Waals surface area contributed by atoms with Crippen LogP contribution >= 0.6 is 11.6 Å². The van der Waals surface area contributed by atoms with Gasteiger partial charge in [0.1, 0.15) is 5.76 Å². The number of hydrogen-bond donors (Lipinski definition) is 2. The van der Waals surface area contributed by atoms with E-state index >= 15 is 0 Å². The predicted octanol–water partition coefficient (Wildman–Crippen LogP) is 2.47. The summed E-state index contributed by atoms with van der Waals surface area (Å²) in [7, 11) is 0. The molecule has 2 N–H and O–H groups in total. The molecule has 0 saturated carbocycles. The second-order valence-electron chi connectivity index (χ2n) is 4.28. The van der Waals surface area contributed by atoms with Crippen LogP contribution in [0.2, 0.25) is 5.02 Å². The lowest BCUT2D eigenvalue weighted by Crippen LogP contribution is -2.36. The fourth-order valence-electron chi connectivity index (χ4n) is 1.77. The van der Waals surface area contributed by atoms with E-state index in [1.807, 2.05) is 19.1 Å². The molecule has 0 aliphatic carbocycles. The number of carbonyl (C=O) groups is 2. The van der Waals surface area contributed by atoms with Gasteiger partial charge in [-0.05, 0) is 31.2 Å². The molecule has 1 aromatic carbocycles. The molecule has 0 atom stereocenters. The van der Waals surface area contributed by atoms with Crippen molar-refractivity contribution in [2.45, 2.75) is 6.92 Å². The number of benzene rings is 1. The van der Waals surface area contributed by atoms with Gasteiger partial charge in [-0.25, -0.2) is 0 Å². The summed E-state index contributed by atoms with van der Waals surface area (Å²) in [6, 6.07) is 10.4. The van der Waals surface area contributed by atoms with Crippen LogP contribution < -0.4 is 10.6 Å². The number of hydrogen-bond acceptors (Lipinski definition) is 3. The molecule has 110 valence electrons. The molecular weight excluding hydrogens is 292 g/mol. The fourth-order valence-corrected chi connectivity index (χ4v) is 2.00. The summed E-state index contributed by atoms with van der Waals surface area (Å²) >= 11 is 6.07. The third-order valence-corrected chi connectivity index (χ3v) is 3.08. The highest BCUT2D eigenvalue weighted by Gasteiger charge is 2.14. The Hall–Kier alpha value is -2.27. The Balaban J connectivity index is 2.05. The molecule has 0 unspecified atom stereocenters. The highest BCUT2D eigenvalue weighted by molar-refractivity contribution is 6.33. The Morgan fingerprint density at radius 2 is 1.90 bits per heavy atom. The first-order valence-corrected chi connectivity index (χ1v) is 6.89. The van der Waals surface area contributed by atoms with E-state index in [1.54, 1.807) is 24.3 Å². The van der Waals surface area contributed by atoms with Crippen molar-refractivity contribution >= 4 is 23.4 Å². The number of amides is 2. The molecule has 0 aliphatic rings. The zero-order valence-electron chi connectivity index (χ0n) is 11.5. The summed E-state index contributed by atoms with van der Waals surface area (Å²) in [4.78, 5) is 23.1. The van der Waals surface area contributed by atoms with Gasteiger partial charge in [0, 0.05) is 12.1 Å². The van der Waals surface area contributed by atoms with Crippen LogP contribution in [0.4, 0.5) is 0 Å². The van der Waals surface area contributed by atoms with Crippen LogP contribution in [0.5, 0.6) is 0 Å². The summed E-state index contributed by atoms with van der Waals surface area (Å²) < 4.78 is 5.48. The molecule has 0 saturated heterocycles. The Morgan fingerprint density at radius 1 is 1.14 bits per heavy atom. The van der Waals surface area contributed by atoms with Crippen LogP contribution in [0.25, 0.3) is 11.3 Å². The van der Waals surface area contributed by atoms with Crippen LogP contribution in [0.1, 0.15) is 17.5 Å². The van der Waals surface area contributed by atoms with Crippen molar-refractivity contribution < 1.29 is 14.0 Å². The van der Waals surface area contributed by atoms with E-state index in [2.05, 4.69) is 10.6 Å². The molecule has 5 nitrogen and oxygen atoms in total. The van der Waals surface area contributed by atoms with Crippen LogP contribution in [-0.2, 0) is 4.79 Å². The van der Waals surface area contributed by atoms with Gasteiger partial charge in [0.05, 0.1) is 11.6 Å². The number of halogens is 1. The van der Waals surface area contributed by atoms with Crippen molar-refractivity contribution in [1.29, 1.82) is 0 Å². The highest BCUT2D eigenvalue weighted by Crippen LogP contribution is 2.28. The first kappa shape index (κ1) is 15.1. The molecule has 1 aromatic heterocycles. The summed E-state index contributed by atoms with van der Waals surface area (Å²) in [6.07, 6.45) is 0. The number of rotatable bonds is 5. The smallest absolute Gasteiger partial charge is 0.287 e. The van der Waals surface area contributed by atoms with Gasteiger partial charge in [0.15, 0.2) is 5.76 Å². The molecule has 2 amide bonds. The Kier molecular flexibility index (Phi) is 5.00. The van der Waals surface area contributed by atoms with E-state index in [9.17, 15) is 9.59 Å². The van der Waals surface area contributed by atoms with E-state index in [1.165, 1.54) is 0 Å². The van der Waals surface area contributed by atoms with Gasteiger partial charge < -0.3 is 15.1 Å². The average molecular weight is 307 g/mol. The minimum Gasteiger partial charge on any atom is -0.451 e. The van der Waals surface area contributed by atoms with Crippen molar-refractivity contribution in [2.24, 2.45) is 0 Å². The lowest BCUT2D eigenvalue weighted by Gasteiger charge is -2.03. The number of nitrogens with one attached hydrogen (secondary N) is 2.